The minimum absolute atomic E-state index is 0.0465. The normalized spacial score (nSPS) is 24.2. The lowest BCUT2D eigenvalue weighted by atomic mass is 9.80. The van der Waals surface area contributed by atoms with E-state index in [-0.39, 0.29) is 35.7 Å². The van der Waals surface area contributed by atoms with E-state index in [1.807, 2.05) is 48.5 Å². The van der Waals surface area contributed by atoms with Crippen LogP contribution in [0.2, 0.25) is 0 Å². The summed E-state index contributed by atoms with van der Waals surface area (Å²) in [6.07, 6.45) is 2.67. The molecule has 5 N–H and O–H groups in total. The number of urea groups is 1. The highest BCUT2D eigenvalue weighted by Gasteiger charge is 2.70. The number of hydrogen-bond donors (Lipinski definition) is 4. The number of primary amides is 1. The van der Waals surface area contributed by atoms with Crippen LogP contribution in [0.1, 0.15) is 74.1 Å². The molecule has 1 saturated heterocycles. The van der Waals surface area contributed by atoms with Gasteiger partial charge in [0, 0.05) is 20.6 Å². The second-order valence-corrected chi connectivity index (χ2v) is 15.0. The maximum absolute atomic E-state index is 14.2. The lowest BCUT2D eigenvalue weighted by molar-refractivity contribution is -0.145. The van der Waals surface area contributed by atoms with E-state index in [9.17, 15) is 28.8 Å². The van der Waals surface area contributed by atoms with Crippen molar-refractivity contribution in [2.75, 3.05) is 27.2 Å². The van der Waals surface area contributed by atoms with Gasteiger partial charge in [0.2, 0.25) is 17.6 Å². The number of carbonyl (C=O) groups is 6. The average Bonchev–Trinajstić information content (AvgIpc) is 3.21. The number of fused-ring (bicyclic) bond motifs is 1. The van der Waals surface area contributed by atoms with Gasteiger partial charge in [-0.15, -0.1) is 0 Å². The Bertz CT molecular complexity index is 1140. The molecule has 1 aliphatic heterocycles. The Morgan fingerprint density at radius 2 is 1.64 bits per heavy atom. The van der Waals surface area contributed by atoms with E-state index in [1.165, 1.54) is 9.80 Å². The van der Waals surface area contributed by atoms with Crippen LogP contribution in [0.3, 0.4) is 0 Å². The molecule has 3 rings (SSSR count). The third kappa shape index (κ3) is 7.82. The SMILES string of the molecule is CC(C)[C@@H](COC(=O)N(C)C)NC(=O)N[C@H](C(=O)N1C[C@H]2[C@@H]([C@H]1C(=O)NC(CC1CCC1)C(=O)C(N)=O)C2(C)C)C(C)(C)C. The van der Waals surface area contributed by atoms with Gasteiger partial charge in [0.05, 0.1) is 12.1 Å². The van der Waals surface area contributed by atoms with E-state index in [1.54, 1.807) is 14.1 Å². The summed E-state index contributed by atoms with van der Waals surface area (Å²) in [5, 5.41) is 8.42. The highest BCUT2D eigenvalue weighted by atomic mass is 16.6. The lowest BCUT2D eigenvalue weighted by Gasteiger charge is -2.38. The maximum Gasteiger partial charge on any atom is 0.409 e. The van der Waals surface area contributed by atoms with E-state index in [0.29, 0.717) is 13.0 Å². The Morgan fingerprint density at radius 3 is 2.11 bits per heavy atom. The number of ether oxygens (including phenoxy) is 1. The number of carbonyl (C=O) groups excluding carboxylic acids is 6. The minimum atomic E-state index is -1.10. The summed E-state index contributed by atoms with van der Waals surface area (Å²) < 4.78 is 5.28. The van der Waals surface area contributed by atoms with E-state index in [4.69, 9.17) is 10.5 Å². The largest absolute Gasteiger partial charge is 0.447 e. The molecule has 0 aromatic carbocycles. The van der Waals surface area contributed by atoms with E-state index in [0.717, 1.165) is 19.3 Å². The Balaban J connectivity index is 1.78. The molecule has 1 heterocycles. The van der Waals surface area contributed by atoms with Crippen LogP contribution < -0.4 is 21.7 Å². The molecule has 6 atom stereocenters. The van der Waals surface area contributed by atoms with E-state index < -0.39 is 65.2 Å². The standard InChI is InChI=1S/C31H52N6O7/c1-16(2)20(15-44-29(43)36(8)9)34-28(42)35-24(30(3,4)5)27(41)37-14-18-21(31(18,6)7)22(37)26(40)33-19(23(38)25(32)39)13-17-11-10-12-17/h16-22,24H,10-15H2,1-9H3,(H2,32,39)(H,33,40)(H2,34,35,42)/t18-,19?,20+,21-,22-,24+/m0/s1. The topological polar surface area (TPSA) is 180 Å². The summed E-state index contributed by atoms with van der Waals surface area (Å²) in [6, 6.07) is -4.01. The first-order valence-corrected chi connectivity index (χ1v) is 15.6. The van der Waals surface area contributed by atoms with Crippen LogP contribution in [0.15, 0.2) is 0 Å². The fourth-order valence-electron chi connectivity index (χ4n) is 6.38. The highest BCUT2D eigenvalue weighted by molar-refractivity contribution is 6.37. The molecule has 0 spiro atoms. The van der Waals surface area contributed by atoms with Gasteiger partial charge in [0.25, 0.3) is 5.91 Å². The number of likely N-dealkylation sites (tertiary alicyclic amines) is 1. The van der Waals surface area contributed by atoms with E-state index in [2.05, 4.69) is 16.0 Å². The van der Waals surface area contributed by atoms with Gasteiger partial charge < -0.3 is 36.2 Å². The third-order valence-electron chi connectivity index (χ3n) is 9.69. The molecule has 44 heavy (non-hydrogen) atoms. The monoisotopic (exact) mass is 620 g/mol. The molecule has 1 unspecified atom stereocenters. The number of hydrogen-bond acceptors (Lipinski definition) is 7. The van der Waals surface area contributed by atoms with Crippen molar-refractivity contribution in [3.05, 3.63) is 0 Å². The summed E-state index contributed by atoms with van der Waals surface area (Å²) in [5.41, 5.74) is 4.40. The number of nitrogens with two attached hydrogens (primary N) is 1. The van der Waals surface area contributed by atoms with Gasteiger partial charge in [-0.3, -0.25) is 19.2 Å². The molecular weight excluding hydrogens is 568 g/mol. The predicted molar refractivity (Wildman–Crippen MR) is 163 cm³/mol. The van der Waals surface area contributed by atoms with Crippen molar-refractivity contribution in [1.82, 2.24) is 25.8 Å². The fraction of sp³-hybridized carbons (Fsp3) is 0.806. The molecule has 13 heteroatoms. The molecule has 13 nitrogen and oxygen atoms in total. The quantitative estimate of drug-likeness (QED) is 0.239. The molecule has 3 fully saturated rings. The Labute approximate surface area is 260 Å². The second-order valence-electron chi connectivity index (χ2n) is 15.0. The van der Waals surface area contributed by atoms with Crippen molar-refractivity contribution in [3.63, 3.8) is 0 Å². The summed E-state index contributed by atoms with van der Waals surface area (Å²) in [5.74, 6) is -2.74. The summed E-state index contributed by atoms with van der Waals surface area (Å²) in [7, 11) is 3.13. The highest BCUT2D eigenvalue weighted by Crippen LogP contribution is 2.65. The third-order valence-corrected chi connectivity index (χ3v) is 9.69. The van der Waals surface area contributed by atoms with Gasteiger partial charge in [-0.2, -0.15) is 0 Å². The fourth-order valence-corrected chi connectivity index (χ4v) is 6.38. The van der Waals surface area contributed by atoms with Crippen molar-refractivity contribution in [2.24, 2.45) is 40.2 Å². The van der Waals surface area contributed by atoms with E-state index >= 15 is 0 Å². The average molecular weight is 621 g/mol. The molecule has 2 aliphatic carbocycles. The predicted octanol–water partition coefficient (Wildman–Crippen LogP) is 1.64. The zero-order chi connectivity index (χ0) is 33.3. The molecule has 3 aliphatic rings. The van der Waals surface area contributed by atoms with Crippen molar-refractivity contribution >= 4 is 35.6 Å². The minimum Gasteiger partial charge on any atom is -0.447 e. The molecular formula is C31H52N6O7. The summed E-state index contributed by atoms with van der Waals surface area (Å²) >= 11 is 0. The van der Waals surface area contributed by atoms with Crippen LogP contribution in [0.5, 0.6) is 0 Å². The Morgan fingerprint density at radius 1 is 1.02 bits per heavy atom. The van der Waals surface area contributed by atoms with Gasteiger partial charge in [-0.25, -0.2) is 9.59 Å². The van der Waals surface area contributed by atoms with Gasteiger partial charge in [0.1, 0.15) is 18.7 Å². The first-order valence-electron chi connectivity index (χ1n) is 15.6. The van der Waals surface area contributed by atoms with Crippen LogP contribution in [0.4, 0.5) is 9.59 Å². The molecule has 0 bridgehead atoms. The molecule has 0 aromatic heterocycles. The Kier molecular flexibility index (Phi) is 10.6. The zero-order valence-corrected chi connectivity index (χ0v) is 27.7. The smallest absolute Gasteiger partial charge is 0.409 e. The summed E-state index contributed by atoms with van der Waals surface area (Å²) in [6.45, 7) is 13.6. The second kappa shape index (κ2) is 13.3. The first kappa shape index (κ1) is 35.1. The number of piperidine rings is 1. The Hall–Kier alpha value is -3.38. The van der Waals surface area contributed by atoms with Crippen molar-refractivity contribution in [1.29, 1.82) is 0 Å². The van der Waals surface area contributed by atoms with Gasteiger partial charge >= 0.3 is 12.1 Å². The molecule has 2 saturated carbocycles. The molecule has 0 radical (unpaired) electrons. The van der Waals surface area contributed by atoms with Crippen LogP contribution in [0.25, 0.3) is 0 Å². The number of rotatable bonds is 12. The number of ketones is 1. The van der Waals surface area contributed by atoms with Crippen LogP contribution in [0, 0.1) is 34.5 Å². The van der Waals surface area contributed by atoms with Gasteiger partial charge in [-0.1, -0.05) is 67.7 Å². The van der Waals surface area contributed by atoms with Crippen LogP contribution in [-0.4, -0.2) is 96.8 Å². The number of nitrogens with one attached hydrogen (secondary N) is 3. The van der Waals surface area contributed by atoms with Gasteiger partial charge in [0.15, 0.2) is 0 Å². The molecule has 6 amide bonds. The zero-order valence-electron chi connectivity index (χ0n) is 27.7. The number of amides is 6. The molecule has 0 aromatic rings. The van der Waals surface area contributed by atoms with Crippen molar-refractivity contribution < 1.29 is 33.5 Å². The summed E-state index contributed by atoms with van der Waals surface area (Å²) in [4.78, 5) is 80.4. The maximum atomic E-state index is 14.2. The first-order chi connectivity index (χ1) is 20.3. The number of nitrogens with zero attached hydrogens (tertiary/aromatic N) is 2. The molecule has 248 valence electrons. The van der Waals surface area contributed by atoms with Crippen molar-refractivity contribution in [3.8, 4) is 0 Å². The van der Waals surface area contributed by atoms with Crippen molar-refractivity contribution in [2.45, 2.75) is 98.3 Å². The van der Waals surface area contributed by atoms with Crippen LogP contribution in [-0.2, 0) is 23.9 Å². The number of Topliss-reactive ketones (excluding diaryl/α,β-unsaturated/α-hetero) is 1. The van der Waals surface area contributed by atoms with Crippen LogP contribution >= 0.6 is 0 Å². The lowest BCUT2D eigenvalue weighted by Crippen LogP contribution is -2.62. The van der Waals surface area contributed by atoms with Gasteiger partial charge in [-0.05, 0) is 40.9 Å².